The molecule has 0 unspecified atom stereocenters. The summed E-state index contributed by atoms with van der Waals surface area (Å²) in [5.41, 5.74) is 5.95. The van der Waals surface area contributed by atoms with Crippen LogP contribution in [0.3, 0.4) is 0 Å². The first-order chi connectivity index (χ1) is 17.6. The molecule has 0 aliphatic rings. The second-order valence-corrected chi connectivity index (χ2v) is 10.2. The molecule has 0 aliphatic heterocycles. The number of rotatable bonds is 28. The average Bonchev–Trinajstić information content (AvgIpc) is 2.87. The monoisotopic (exact) mass is 507 g/mol. The molecule has 0 aromatic carbocycles. The number of amides is 2. The highest BCUT2D eigenvalue weighted by Crippen LogP contribution is 2.13. The Morgan fingerprint density at radius 2 is 1.11 bits per heavy atom. The summed E-state index contributed by atoms with van der Waals surface area (Å²) in [5, 5.41) is 5.88. The van der Waals surface area contributed by atoms with Crippen molar-refractivity contribution in [3.05, 3.63) is 12.7 Å². The van der Waals surface area contributed by atoms with Crippen LogP contribution in [0.15, 0.2) is 12.7 Å². The lowest BCUT2D eigenvalue weighted by Crippen LogP contribution is -2.41. The molecule has 0 aromatic rings. The molecule has 0 saturated heterocycles. The first-order valence-electron chi connectivity index (χ1n) is 15.0. The Balaban J connectivity index is 3.34. The zero-order chi connectivity index (χ0) is 26.5. The van der Waals surface area contributed by atoms with Gasteiger partial charge in [-0.15, -0.1) is 6.58 Å². The molecule has 0 radical (unpaired) electrons. The second-order valence-electron chi connectivity index (χ2n) is 10.2. The van der Waals surface area contributed by atoms with Gasteiger partial charge in [-0.25, -0.2) is 0 Å². The third kappa shape index (κ3) is 25.4. The van der Waals surface area contributed by atoms with Crippen LogP contribution in [0, 0.1) is 0 Å². The number of unbranched alkanes of at least 4 members (excludes halogenated alkanes) is 17. The molecule has 6 heteroatoms. The van der Waals surface area contributed by atoms with Crippen molar-refractivity contribution in [2.45, 2.75) is 147 Å². The Bertz CT molecular complexity index is 540. The van der Waals surface area contributed by atoms with Crippen molar-refractivity contribution >= 4 is 18.1 Å². The van der Waals surface area contributed by atoms with E-state index in [9.17, 15) is 14.4 Å². The molecule has 0 rings (SSSR count). The first kappa shape index (κ1) is 34.3. The third-order valence-corrected chi connectivity index (χ3v) is 6.71. The lowest BCUT2D eigenvalue weighted by atomic mass is 10.0. The predicted octanol–water partition coefficient (Wildman–Crippen LogP) is 6.51. The maximum atomic E-state index is 12.0. The zero-order valence-electron chi connectivity index (χ0n) is 23.2. The fourth-order valence-corrected chi connectivity index (χ4v) is 4.33. The highest BCUT2D eigenvalue weighted by molar-refractivity contribution is 5.81. The molecule has 0 saturated carbocycles. The van der Waals surface area contributed by atoms with Crippen LogP contribution in [0.25, 0.3) is 0 Å². The van der Waals surface area contributed by atoms with Crippen molar-refractivity contribution in [3.63, 3.8) is 0 Å². The van der Waals surface area contributed by atoms with Crippen LogP contribution in [0.2, 0.25) is 0 Å². The summed E-state index contributed by atoms with van der Waals surface area (Å²) in [6.45, 7) is 5.02. The standard InChI is InChI=1S/C30H57N3O3/c1-2-3-4-20-26-33-30(36)28(31)23-19-21-25-32-29(35)24-18-16-14-12-10-8-6-5-7-9-11-13-15-17-22-27-34/h2,27-28H,1,3-26,31H2,(H,32,35)(H,33,36)/t28-/m0/s1. The molecular formula is C30H57N3O3. The van der Waals surface area contributed by atoms with Crippen molar-refractivity contribution < 1.29 is 14.4 Å². The number of carbonyl (C=O) groups is 3. The van der Waals surface area contributed by atoms with E-state index >= 15 is 0 Å². The zero-order valence-corrected chi connectivity index (χ0v) is 23.2. The normalized spacial score (nSPS) is 11.7. The number of allylic oxidation sites excluding steroid dienone is 1. The molecule has 0 aromatic heterocycles. The minimum absolute atomic E-state index is 0.0766. The third-order valence-electron chi connectivity index (χ3n) is 6.71. The van der Waals surface area contributed by atoms with Crippen molar-refractivity contribution in [2.24, 2.45) is 5.73 Å². The molecule has 0 spiro atoms. The summed E-state index contributed by atoms with van der Waals surface area (Å²) in [6.07, 6.45) is 27.0. The van der Waals surface area contributed by atoms with Crippen LogP contribution < -0.4 is 16.4 Å². The van der Waals surface area contributed by atoms with E-state index < -0.39 is 6.04 Å². The highest BCUT2D eigenvalue weighted by Gasteiger charge is 2.12. The van der Waals surface area contributed by atoms with Crippen LogP contribution in [0.5, 0.6) is 0 Å². The fraction of sp³-hybridized carbons (Fsp3) is 0.833. The minimum Gasteiger partial charge on any atom is -0.356 e. The summed E-state index contributed by atoms with van der Waals surface area (Å²) in [5.74, 6) is 0.0626. The molecule has 210 valence electrons. The number of nitrogens with one attached hydrogen (secondary N) is 2. The molecule has 36 heavy (non-hydrogen) atoms. The van der Waals surface area contributed by atoms with Gasteiger partial charge in [0.05, 0.1) is 6.04 Å². The molecule has 1 atom stereocenters. The van der Waals surface area contributed by atoms with Gasteiger partial charge < -0.3 is 21.2 Å². The van der Waals surface area contributed by atoms with E-state index in [1.165, 1.54) is 70.6 Å². The van der Waals surface area contributed by atoms with Gasteiger partial charge >= 0.3 is 0 Å². The van der Waals surface area contributed by atoms with E-state index in [2.05, 4.69) is 17.2 Å². The summed E-state index contributed by atoms with van der Waals surface area (Å²) < 4.78 is 0. The summed E-state index contributed by atoms with van der Waals surface area (Å²) in [7, 11) is 0. The molecule has 0 aliphatic carbocycles. The molecule has 0 fully saturated rings. The van der Waals surface area contributed by atoms with Crippen molar-refractivity contribution in [1.29, 1.82) is 0 Å². The number of aldehydes is 1. The Labute approximate surface area is 222 Å². The SMILES string of the molecule is C=CCCCCNC(=O)[C@@H](N)CCCCNC(=O)CCCCCCCCCCCCCCCCC=O. The van der Waals surface area contributed by atoms with Crippen molar-refractivity contribution in [2.75, 3.05) is 13.1 Å². The summed E-state index contributed by atoms with van der Waals surface area (Å²) in [6, 6.07) is -0.462. The number of hydrogen-bond donors (Lipinski definition) is 3. The first-order valence-corrected chi connectivity index (χ1v) is 15.0. The van der Waals surface area contributed by atoms with Gasteiger partial charge in [0.15, 0.2) is 0 Å². The Kier molecular flexibility index (Phi) is 26.6. The van der Waals surface area contributed by atoms with Gasteiger partial charge in [0.25, 0.3) is 0 Å². The van der Waals surface area contributed by atoms with Gasteiger partial charge in [0.1, 0.15) is 6.29 Å². The van der Waals surface area contributed by atoms with Gasteiger partial charge in [-0.05, 0) is 51.4 Å². The van der Waals surface area contributed by atoms with Gasteiger partial charge in [-0.2, -0.15) is 0 Å². The minimum atomic E-state index is -0.462. The smallest absolute Gasteiger partial charge is 0.236 e. The van der Waals surface area contributed by atoms with E-state index in [4.69, 9.17) is 5.73 Å². The largest absolute Gasteiger partial charge is 0.356 e. The van der Waals surface area contributed by atoms with Gasteiger partial charge in [-0.1, -0.05) is 83.1 Å². The maximum Gasteiger partial charge on any atom is 0.236 e. The van der Waals surface area contributed by atoms with Crippen LogP contribution in [-0.2, 0) is 14.4 Å². The van der Waals surface area contributed by atoms with Gasteiger partial charge in [0.2, 0.25) is 11.8 Å². The van der Waals surface area contributed by atoms with E-state index in [1.54, 1.807) is 0 Å². The van der Waals surface area contributed by atoms with E-state index in [0.29, 0.717) is 25.9 Å². The van der Waals surface area contributed by atoms with Crippen LogP contribution in [-0.4, -0.2) is 37.2 Å². The number of hydrogen-bond acceptors (Lipinski definition) is 4. The summed E-state index contributed by atoms with van der Waals surface area (Å²) in [4.78, 5) is 34.2. The Hall–Kier alpha value is -1.69. The highest BCUT2D eigenvalue weighted by atomic mass is 16.2. The van der Waals surface area contributed by atoms with Crippen LogP contribution >= 0.6 is 0 Å². The Morgan fingerprint density at radius 3 is 1.67 bits per heavy atom. The lowest BCUT2D eigenvalue weighted by molar-refractivity contribution is -0.123. The molecule has 0 bridgehead atoms. The van der Waals surface area contributed by atoms with Crippen molar-refractivity contribution in [3.8, 4) is 0 Å². The predicted molar refractivity (Wildman–Crippen MR) is 152 cm³/mol. The molecule has 4 N–H and O–H groups in total. The molecule has 6 nitrogen and oxygen atoms in total. The van der Waals surface area contributed by atoms with E-state index in [-0.39, 0.29) is 11.8 Å². The molecule has 0 heterocycles. The van der Waals surface area contributed by atoms with Gasteiger partial charge in [0, 0.05) is 25.9 Å². The molecular weight excluding hydrogens is 450 g/mol. The second kappa shape index (κ2) is 27.9. The summed E-state index contributed by atoms with van der Waals surface area (Å²) >= 11 is 0. The topological polar surface area (TPSA) is 101 Å². The van der Waals surface area contributed by atoms with Gasteiger partial charge in [-0.3, -0.25) is 9.59 Å². The number of carbonyl (C=O) groups excluding carboxylic acids is 3. The molecule has 2 amide bonds. The van der Waals surface area contributed by atoms with E-state index in [0.717, 1.165) is 64.1 Å². The maximum absolute atomic E-state index is 12.0. The van der Waals surface area contributed by atoms with Crippen LogP contribution in [0.1, 0.15) is 141 Å². The van der Waals surface area contributed by atoms with E-state index in [1.807, 2.05) is 6.08 Å². The van der Waals surface area contributed by atoms with Crippen LogP contribution in [0.4, 0.5) is 0 Å². The average molecular weight is 508 g/mol. The Morgan fingerprint density at radius 1 is 0.639 bits per heavy atom. The van der Waals surface area contributed by atoms with Crippen molar-refractivity contribution in [1.82, 2.24) is 10.6 Å². The fourth-order valence-electron chi connectivity index (χ4n) is 4.33. The quantitative estimate of drug-likeness (QED) is 0.0638. The number of nitrogens with two attached hydrogens (primary N) is 1. The lowest BCUT2D eigenvalue weighted by Gasteiger charge is -2.12.